The normalized spacial score (nSPS) is 18.5. The molecule has 0 bridgehead atoms. The second kappa shape index (κ2) is 7.71. The molecule has 1 aromatic heterocycles. The van der Waals surface area contributed by atoms with Crippen LogP contribution in [0.2, 0.25) is 0 Å². The molecule has 0 aliphatic carbocycles. The summed E-state index contributed by atoms with van der Waals surface area (Å²) in [5.41, 5.74) is 2.09. The number of aromatic carboxylic acids is 1. The number of aromatic amines is 1. The standard InChI is InChI=1S/C20H23FN4O3/c21-14-6-4-13(5-7-14)18(24-9-2-1-3-10-24)19(26)25-11-8-16-15(12-25)17(20(27)28)23-22-16/h4-7,18H,1-3,8-12H2,(H,22,23)(H,27,28)/t18-/m0/s1. The predicted molar refractivity (Wildman–Crippen MR) is 99.2 cm³/mol. The summed E-state index contributed by atoms with van der Waals surface area (Å²) in [6.07, 6.45) is 3.74. The second-order valence-electron chi connectivity index (χ2n) is 7.39. The van der Waals surface area contributed by atoms with Gasteiger partial charge in [0.05, 0.1) is 0 Å². The molecular formula is C20H23FN4O3. The Kier molecular flexibility index (Phi) is 5.13. The smallest absolute Gasteiger partial charge is 0.356 e. The van der Waals surface area contributed by atoms with Crippen molar-refractivity contribution in [2.24, 2.45) is 0 Å². The van der Waals surface area contributed by atoms with Crippen molar-refractivity contribution in [2.45, 2.75) is 38.3 Å². The minimum absolute atomic E-state index is 0.0243. The van der Waals surface area contributed by atoms with E-state index < -0.39 is 12.0 Å². The first-order chi connectivity index (χ1) is 13.5. The van der Waals surface area contributed by atoms with E-state index in [4.69, 9.17) is 0 Å². The first-order valence-corrected chi connectivity index (χ1v) is 9.62. The maximum Gasteiger partial charge on any atom is 0.356 e. The molecular weight excluding hydrogens is 363 g/mol. The van der Waals surface area contributed by atoms with E-state index in [9.17, 15) is 19.1 Å². The number of halogens is 1. The van der Waals surface area contributed by atoms with Crippen LogP contribution in [0.5, 0.6) is 0 Å². The number of benzene rings is 1. The van der Waals surface area contributed by atoms with Crippen LogP contribution in [0.3, 0.4) is 0 Å². The molecule has 2 aliphatic rings. The molecule has 2 aromatic rings. The molecule has 8 heteroatoms. The lowest BCUT2D eigenvalue weighted by Gasteiger charge is -2.38. The highest BCUT2D eigenvalue weighted by molar-refractivity contribution is 5.88. The minimum Gasteiger partial charge on any atom is -0.476 e. The van der Waals surface area contributed by atoms with Gasteiger partial charge >= 0.3 is 5.97 Å². The summed E-state index contributed by atoms with van der Waals surface area (Å²) in [6, 6.07) is 5.62. The molecule has 0 saturated carbocycles. The zero-order chi connectivity index (χ0) is 19.7. The molecule has 2 N–H and O–H groups in total. The van der Waals surface area contributed by atoms with E-state index in [-0.39, 0.29) is 24.0 Å². The Morgan fingerprint density at radius 1 is 1.11 bits per heavy atom. The first-order valence-electron chi connectivity index (χ1n) is 9.62. The molecule has 1 fully saturated rings. The van der Waals surface area contributed by atoms with Crippen molar-refractivity contribution < 1.29 is 19.1 Å². The van der Waals surface area contributed by atoms with Crippen molar-refractivity contribution in [3.63, 3.8) is 0 Å². The summed E-state index contributed by atoms with van der Waals surface area (Å²) >= 11 is 0. The average molecular weight is 386 g/mol. The van der Waals surface area contributed by atoms with Crippen molar-refractivity contribution in [3.8, 4) is 0 Å². The van der Waals surface area contributed by atoms with Crippen molar-refractivity contribution in [3.05, 3.63) is 52.6 Å². The number of nitrogens with one attached hydrogen (secondary N) is 1. The molecule has 7 nitrogen and oxygen atoms in total. The Morgan fingerprint density at radius 3 is 2.50 bits per heavy atom. The number of H-pyrrole nitrogens is 1. The molecule has 0 radical (unpaired) electrons. The van der Waals surface area contributed by atoms with Gasteiger partial charge in [0, 0.05) is 30.8 Å². The van der Waals surface area contributed by atoms with E-state index in [0.717, 1.165) is 43.6 Å². The van der Waals surface area contributed by atoms with E-state index in [1.165, 1.54) is 12.1 Å². The lowest BCUT2D eigenvalue weighted by molar-refractivity contribution is -0.138. The van der Waals surface area contributed by atoms with Crippen LogP contribution >= 0.6 is 0 Å². The van der Waals surface area contributed by atoms with Crippen molar-refractivity contribution >= 4 is 11.9 Å². The van der Waals surface area contributed by atoms with Crippen LogP contribution < -0.4 is 0 Å². The summed E-state index contributed by atoms with van der Waals surface area (Å²) in [5, 5.41) is 16.0. The molecule has 148 valence electrons. The molecule has 1 aromatic carbocycles. The fourth-order valence-electron chi connectivity index (χ4n) is 4.16. The monoisotopic (exact) mass is 386 g/mol. The van der Waals surface area contributed by atoms with E-state index in [0.29, 0.717) is 18.5 Å². The molecule has 0 unspecified atom stereocenters. The van der Waals surface area contributed by atoms with E-state index in [1.807, 2.05) is 0 Å². The Labute approximate surface area is 162 Å². The number of aromatic nitrogens is 2. The number of amides is 1. The summed E-state index contributed by atoms with van der Waals surface area (Å²) in [4.78, 5) is 28.8. The van der Waals surface area contributed by atoms with Crippen molar-refractivity contribution in [1.29, 1.82) is 0 Å². The third-order valence-corrected chi connectivity index (χ3v) is 5.62. The van der Waals surface area contributed by atoms with Crippen molar-refractivity contribution in [1.82, 2.24) is 20.0 Å². The number of piperidine rings is 1. The number of likely N-dealkylation sites (tertiary alicyclic amines) is 1. The number of hydrogen-bond donors (Lipinski definition) is 2. The SMILES string of the molecule is O=C(O)c1n[nH]c2c1CN(C(=O)[C@H](c1ccc(F)cc1)N1CCCCC1)CC2. The van der Waals surface area contributed by atoms with Gasteiger partial charge in [0.15, 0.2) is 5.69 Å². The summed E-state index contributed by atoms with van der Waals surface area (Å²) in [5.74, 6) is -1.50. The molecule has 0 spiro atoms. The first kappa shape index (κ1) is 18.6. The van der Waals surface area contributed by atoms with Crippen LogP contribution in [-0.2, 0) is 17.8 Å². The minimum atomic E-state index is -1.10. The van der Waals surface area contributed by atoms with E-state index in [1.54, 1.807) is 17.0 Å². The number of hydrogen-bond acceptors (Lipinski definition) is 4. The van der Waals surface area contributed by atoms with E-state index in [2.05, 4.69) is 15.1 Å². The van der Waals surface area contributed by atoms with Gasteiger partial charge in [-0.25, -0.2) is 9.18 Å². The van der Waals surface area contributed by atoms with Crippen molar-refractivity contribution in [2.75, 3.05) is 19.6 Å². The van der Waals surface area contributed by atoms with Crippen LogP contribution in [0.1, 0.15) is 52.6 Å². The number of fused-ring (bicyclic) bond motifs is 1. The summed E-state index contributed by atoms with van der Waals surface area (Å²) in [7, 11) is 0. The van der Waals surface area contributed by atoms with E-state index >= 15 is 0 Å². The van der Waals surface area contributed by atoms with Gasteiger partial charge in [0.2, 0.25) is 5.91 Å². The number of carboxylic acid groups (broad SMARTS) is 1. The molecule has 2 aliphatic heterocycles. The third kappa shape index (κ3) is 3.52. The summed E-state index contributed by atoms with van der Waals surface area (Å²) in [6.45, 7) is 2.36. The average Bonchev–Trinajstić information content (AvgIpc) is 3.14. The molecule has 1 saturated heterocycles. The Bertz CT molecular complexity index is 874. The zero-order valence-electron chi connectivity index (χ0n) is 15.5. The maximum atomic E-state index is 13.5. The fourth-order valence-corrected chi connectivity index (χ4v) is 4.16. The Morgan fingerprint density at radius 2 is 1.82 bits per heavy atom. The van der Waals surface area contributed by atoms with Crippen LogP contribution in [0.15, 0.2) is 24.3 Å². The van der Waals surface area contributed by atoms with Gasteiger partial charge in [0.1, 0.15) is 11.9 Å². The molecule has 1 amide bonds. The number of nitrogens with zero attached hydrogens (tertiary/aromatic N) is 3. The van der Waals surface area contributed by atoms with Crippen LogP contribution in [0, 0.1) is 5.82 Å². The number of carboxylic acids is 1. The molecule has 3 heterocycles. The predicted octanol–water partition coefficient (Wildman–Crippen LogP) is 2.36. The number of carbonyl (C=O) groups excluding carboxylic acids is 1. The van der Waals surface area contributed by atoms with Gasteiger partial charge in [-0.05, 0) is 43.6 Å². The van der Waals surface area contributed by atoms with Gasteiger partial charge in [-0.15, -0.1) is 0 Å². The lowest BCUT2D eigenvalue weighted by Crippen LogP contribution is -2.46. The Hall–Kier alpha value is -2.74. The van der Waals surface area contributed by atoms with Gasteiger partial charge in [-0.1, -0.05) is 18.6 Å². The quantitative estimate of drug-likeness (QED) is 0.842. The maximum absolute atomic E-state index is 13.5. The van der Waals surface area contributed by atoms with Crippen LogP contribution in [0.4, 0.5) is 4.39 Å². The second-order valence-corrected chi connectivity index (χ2v) is 7.39. The molecule has 28 heavy (non-hydrogen) atoms. The molecule has 1 atom stereocenters. The number of carbonyl (C=O) groups is 2. The zero-order valence-corrected chi connectivity index (χ0v) is 15.5. The topological polar surface area (TPSA) is 89.5 Å². The third-order valence-electron chi connectivity index (χ3n) is 5.62. The van der Waals surface area contributed by atoms with Gasteiger partial charge in [-0.3, -0.25) is 14.8 Å². The van der Waals surface area contributed by atoms with Gasteiger partial charge < -0.3 is 10.0 Å². The van der Waals surface area contributed by atoms with Crippen LogP contribution in [-0.4, -0.2) is 56.6 Å². The lowest BCUT2D eigenvalue weighted by atomic mass is 9.98. The summed E-state index contributed by atoms with van der Waals surface area (Å²) < 4.78 is 13.4. The highest BCUT2D eigenvalue weighted by Gasteiger charge is 2.35. The van der Waals surface area contributed by atoms with Gasteiger partial charge in [-0.2, -0.15) is 5.10 Å². The van der Waals surface area contributed by atoms with Crippen LogP contribution in [0.25, 0.3) is 0 Å². The highest BCUT2D eigenvalue weighted by atomic mass is 19.1. The highest BCUT2D eigenvalue weighted by Crippen LogP contribution is 2.30. The largest absolute Gasteiger partial charge is 0.476 e. The van der Waals surface area contributed by atoms with Gasteiger partial charge in [0.25, 0.3) is 0 Å². The fraction of sp³-hybridized carbons (Fsp3) is 0.450. The Balaban J connectivity index is 1.62. The number of rotatable bonds is 4. The molecule has 4 rings (SSSR count).